The summed E-state index contributed by atoms with van der Waals surface area (Å²) in [6.45, 7) is 4.19. The zero-order valence-electron chi connectivity index (χ0n) is 9.13. The number of ether oxygens (including phenoxy) is 1. The molecule has 1 aromatic heterocycles. The van der Waals surface area contributed by atoms with Gasteiger partial charge in [-0.3, -0.25) is 0 Å². The van der Waals surface area contributed by atoms with Crippen LogP contribution in [0.3, 0.4) is 0 Å². The summed E-state index contributed by atoms with van der Waals surface area (Å²) in [4.78, 5) is 14.7. The largest absolute Gasteiger partial charge is 0.462 e. The molecule has 0 unspecified atom stereocenters. The molecule has 0 fully saturated rings. The Morgan fingerprint density at radius 1 is 1.50 bits per heavy atom. The summed E-state index contributed by atoms with van der Waals surface area (Å²) in [7, 11) is 0. The van der Waals surface area contributed by atoms with Crippen LogP contribution < -0.4 is 0 Å². The van der Waals surface area contributed by atoms with Crippen LogP contribution in [0.1, 0.15) is 22.8 Å². The number of aromatic nitrogens is 1. The second-order valence-electron chi connectivity index (χ2n) is 3.57. The standard InChI is InChI=1S/C12H12BrNO2/c1-3-16-12(15)9-6-14-11-4-7(2)10(13)5-8(9)11/h4-6,14H,3H2,1-2H3. The molecule has 84 valence electrons. The number of halogens is 1. The lowest BCUT2D eigenvalue weighted by Crippen LogP contribution is -2.03. The summed E-state index contributed by atoms with van der Waals surface area (Å²) in [5.41, 5.74) is 2.66. The summed E-state index contributed by atoms with van der Waals surface area (Å²) < 4.78 is 5.98. The third-order valence-corrected chi connectivity index (χ3v) is 3.31. The molecule has 0 spiro atoms. The highest BCUT2D eigenvalue weighted by atomic mass is 79.9. The molecule has 4 heteroatoms. The van der Waals surface area contributed by atoms with E-state index in [0.717, 1.165) is 20.9 Å². The lowest BCUT2D eigenvalue weighted by molar-refractivity contribution is 0.0529. The minimum Gasteiger partial charge on any atom is -0.462 e. The van der Waals surface area contributed by atoms with Crippen LogP contribution in [0, 0.1) is 6.92 Å². The first-order chi connectivity index (χ1) is 7.63. The van der Waals surface area contributed by atoms with Crippen LogP contribution in [-0.4, -0.2) is 17.6 Å². The summed E-state index contributed by atoms with van der Waals surface area (Å²) >= 11 is 3.46. The lowest BCUT2D eigenvalue weighted by atomic mass is 10.1. The Hall–Kier alpha value is -1.29. The Kier molecular flexibility index (Phi) is 3.01. The van der Waals surface area contributed by atoms with Crippen LogP contribution in [0.5, 0.6) is 0 Å². The molecule has 0 amide bonds. The Bertz CT molecular complexity index is 545. The second-order valence-corrected chi connectivity index (χ2v) is 4.42. The van der Waals surface area contributed by atoms with Crippen LogP contribution in [0.4, 0.5) is 0 Å². The van der Waals surface area contributed by atoms with Gasteiger partial charge in [-0.05, 0) is 31.5 Å². The molecule has 16 heavy (non-hydrogen) atoms. The molecule has 2 rings (SSSR count). The molecular weight excluding hydrogens is 270 g/mol. The summed E-state index contributed by atoms with van der Waals surface area (Å²) in [6, 6.07) is 3.94. The van der Waals surface area contributed by atoms with E-state index < -0.39 is 0 Å². The number of benzene rings is 1. The molecule has 3 nitrogen and oxygen atoms in total. The number of rotatable bonds is 2. The average Bonchev–Trinajstić information content (AvgIpc) is 2.62. The van der Waals surface area contributed by atoms with Crippen molar-refractivity contribution in [3.8, 4) is 0 Å². The topological polar surface area (TPSA) is 42.1 Å². The normalized spacial score (nSPS) is 10.7. The minimum atomic E-state index is -0.287. The predicted molar refractivity (Wildman–Crippen MR) is 66.7 cm³/mol. The van der Waals surface area contributed by atoms with Gasteiger partial charge in [0.15, 0.2) is 0 Å². The number of carbonyl (C=O) groups excluding carboxylic acids is 1. The van der Waals surface area contributed by atoms with Crippen molar-refractivity contribution >= 4 is 32.8 Å². The fourth-order valence-electron chi connectivity index (χ4n) is 1.63. The van der Waals surface area contributed by atoms with Crippen molar-refractivity contribution in [3.05, 3.63) is 33.9 Å². The summed E-state index contributed by atoms with van der Waals surface area (Å²) in [6.07, 6.45) is 1.69. The highest BCUT2D eigenvalue weighted by molar-refractivity contribution is 9.10. The number of carbonyl (C=O) groups is 1. The Labute approximate surface area is 102 Å². The summed E-state index contributed by atoms with van der Waals surface area (Å²) in [5.74, 6) is -0.287. The quantitative estimate of drug-likeness (QED) is 0.857. The SMILES string of the molecule is CCOC(=O)c1c[nH]c2cc(C)c(Br)cc12. The van der Waals surface area contributed by atoms with Gasteiger partial charge in [0.2, 0.25) is 0 Å². The van der Waals surface area contributed by atoms with Crippen molar-refractivity contribution in [3.63, 3.8) is 0 Å². The smallest absolute Gasteiger partial charge is 0.340 e. The first-order valence-electron chi connectivity index (χ1n) is 5.08. The molecule has 0 saturated heterocycles. The van der Waals surface area contributed by atoms with E-state index in [1.165, 1.54) is 0 Å². The van der Waals surface area contributed by atoms with Crippen molar-refractivity contribution in [2.75, 3.05) is 6.61 Å². The molecule has 0 radical (unpaired) electrons. The third kappa shape index (κ3) is 1.85. The van der Waals surface area contributed by atoms with Crippen molar-refractivity contribution < 1.29 is 9.53 Å². The van der Waals surface area contributed by atoms with E-state index in [-0.39, 0.29) is 5.97 Å². The first kappa shape index (κ1) is 11.2. The van der Waals surface area contributed by atoms with Crippen LogP contribution in [-0.2, 0) is 4.74 Å². The molecule has 0 bridgehead atoms. The average molecular weight is 282 g/mol. The molecule has 1 heterocycles. The van der Waals surface area contributed by atoms with Gasteiger partial charge >= 0.3 is 5.97 Å². The number of esters is 1. The van der Waals surface area contributed by atoms with Crippen LogP contribution in [0.15, 0.2) is 22.8 Å². The van der Waals surface area contributed by atoms with Gasteiger partial charge < -0.3 is 9.72 Å². The maximum atomic E-state index is 11.7. The third-order valence-electron chi connectivity index (χ3n) is 2.46. The maximum absolute atomic E-state index is 11.7. The zero-order valence-corrected chi connectivity index (χ0v) is 10.7. The fraction of sp³-hybridized carbons (Fsp3) is 0.250. The van der Waals surface area contributed by atoms with Gasteiger partial charge in [-0.15, -0.1) is 0 Å². The fourth-order valence-corrected chi connectivity index (χ4v) is 1.97. The highest BCUT2D eigenvalue weighted by Crippen LogP contribution is 2.26. The Morgan fingerprint density at radius 2 is 2.25 bits per heavy atom. The molecule has 0 aliphatic rings. The van der Waals surface area contributed by atoms with E-state index in [4.69, 9.17) is 4.74 Å². The minimum absolute atomic E-state index is 0.287. The monoisotopic (exact) mass is 281 g/mol. The van der Waals surface area contributed by atoms with Gasteiger partial charge in [-0.1, -0.05) is 15.9 Å². The zero-order chi connectivity index (χ0) is 11.7. The van der Waals surface area contributed by atoms with E-state index >= 15 is 0 Å². The van der Waals surface area contributed by atoms with Gasteiger partial charge in [0.05, 0.1) is 12.2 Å². The number of hydrogen-bond donors (Lipinski definition) is 1. The van der Waals surface area contributed by atoms with E-state index in [0.29, 0.717) is 12.2 Å². The van der Waals surface area contributed by atoms with Crippen molar-refractivity contribution in [2.24, 2.45) is 0 Å². The van der Waals surface area contributed by atoms with Gasteiger partial charge in [0.25, 0.3) is 0 Å². The number of hydrogen-bond acceptors (Lipinski definition) is 2. The van der Waals surface area contributed by atoms with Gasteiger partial charge in [0.1, 0.15) is 0 Å². The molecule has 0 atom stereocenters. The lowest BCUT2D eigenvalue weighted by Gasteiger charge is -2.01. The Morgan fingerprint density at radius 3 is 2.94 bits per heavy atom. The van der Waals surface area contributed by atoms with Crippen LogP contribution in [0.2, 0.25) is 0 Å². The van der Waals surface area contributed by atoms with E-state index in [1.54, 1.807) is 13.1 Å². The number of aryl methyl sites for hydroxylation is 1. The number of nitrogens with one attached hydrogen (secondary N) is 1. The van der Waals surface area contributed by atoms with E-state index in [1.807, 2.05) is 19.1 Å². The number of fused-ring (bicyclic) bond motifs is 1. The molecule has 2 aromatic rings. The molecule has 0 saturated carbocycles. The molecule has 1 aromatic carbocycles. The van der Waals surface area contributed by atoms with Crippen LogP contribution >= 0.6 is 15.9 Å². The van der Waals surface area contributed by atoms with Crippen molar-refractivity contribution in [1.82, 2.24) is 4.98 Å². The highest BCUT2D eigenvalue weighted by Gasteiger charge is 2.13. The van der Waals surface area contributed by atoms with Crippen LogP contribution in [0.25, 0.3) is 10.9 Å². The maximum Gasteiger partial charge on any atom is 0.340 e. The van der Waals surface area contributed by atoms with Crippen molar-refractivity contribution in [1.29, 1.82) is 0 Å². The molecule has 1 N–H and O–H groups in total. The summed E-state index contributed by atoms with van der Waals surface area (Å²) in [5, 5.41) is 0.885. The van der Waals surface area contributed by atoms with Gasteiger partial charge in [-0.2, -0.15) is 0 Å². The van der Waals surface area contributed by atoms with Crippen molar-refractivity contribution in [2.45, 2.75) is 13.8 Å². The molecule has 0 aliphatic carbocycles. The first-order valence-corrected chi connectivity index (χ1v) is 5.87. The molecular formula is C12H12BrNO2. The van der Waals surface area contributed by atoms with Gasteiger partial charge in [-0.25, -0.2) is 4.79 Å². The second kappa shape index (κ2) is 4.29. The van der Waals surface area contributed by atoms with Gasteiger partial charge in [0, 0.05) is 21.6 Å². The molecule has 0 aliphatic heterocycles. The number of aromatic amines is 1. The van der Waals surface area contributed by atoms with E-state index in [9.17, 15) is 4.79 Å². The number of H-pyrrole nitrogens is 1. The Balaban J connectivity index is 2.56. The predicted octanol–water partition coefficient (Wildman–Crippen LogP) is 3.42. The van der Waals surface area contributed by atoms with E-state index in [2.05, 4.69) is 20.9 Å².